The van der Waals surface area contributed by atoms with Crippen molar-refractivity contribution < 1.29 is 14.7 Å². The molecule has 0 aliphatic carbocycles. The van der Waals surface area contributed by atoms with Gasteiger partial charge >= 0.3 is 12.0 Å². The van der Waals surface area contributed by atoms with Gasteiger partial charge in [0.25, 0.3) is 0 Å². The Morgan fingerprint density at radius 1 is 1.44 bits per heavy atom. The number of carboxylic acid groups (broad SMARTS) is 1. The van der Waals surface area contributed by atoms with Crippen molar-refractivity contribution in [1.82, 2.24) is 10.6 Å². The quantitative estimate of drug-likeness (QED) is 0.738. The van der Waals surface area contributed by atoms with E-state index in [2.05, 4.69) is 10.6 Å². The van der Waals surface area contributed by atoms with Crippen molar-refractivity contribution in [3.63, 3.8) is 0 Å². The van der Waals surface area contributed by atoms with E-state index in [1.54, 1.807) is 18.3 Å². The zero-order valence-electron chi connectivity index (χ0n) is 10.5. The third-order valence-corrected chi connectivity index (χ3v) is 3.38. The topological polar surface area (TPSA) is 78.4 Å². The average molecular weight is 270 g/mol. The van der Waals surface area contributed by atoms with Crippen LogP contribution in [0.1, 0.15) is 25.1 Å². The molecule has 1 aromatic rings. The number of rotatable bonds is 6. The first kappa shape index (κ1) is 14.5. The number of carbonyl (C=O) groups is 2. The van der Waals surface area contributed by atoms with Gasteiger partial charge in [-0.3, -0.25) is 0 Å². The normalized spacial score (nSPS) is 13.7. The van der Waals surface area contributed by atoms with Crippen LogP contribution in [0.2, 0.25) is 0 Å². The van der Waals surface area contributed by atoms with E-state index in [1.807, 2.05) is 24.4 Å². The molecule has 1 unspecified atom stereocenters. The summed E-state index contributed by atoms with van der Waals surface area (Å²) in [6.07, 6.45) is 1.11. The SMILES string of the molecule is CC[C@@H](NC(=O)NC(C)Cc1cccs1)C(=O)O. The van der Waals surface area contributed by atoms with Gasteiger partial charge in [0, 0.05) is 17.3 Å². The number of urea groups is 1. The lowest BCUT2D eigenvalue weighted by molar-refractivity contribution is -0.139. The number of amides is 2. The van der Waals surface area contributed by atoms with Crippen LogP contribution >= 0.6 is 11.3 Å². The van der Waals surface area contributed by atoms with Gasteiger partial charge in [0.15, 0.2) is 0 Å². The molecule has 5 nitrogen and oxygen atoms in total. The molecule has 0 aliphatic heterocycles. The highest BCUT2D eigenvalue weighted by molar-refractivity contribution is 7.09. The fourth-order valence-electron chi connectivity index (χ4n) is 1.54. The first-order valence-electron chi connectivity index (χ1n) is 5.85. The highest BCUT2D eigenvalue weighted by Gasteiger charge is 2.18. The fourth-order valence-corrected chi connectivity index (χ4v) is 2.38. The second kappa shape index (κ2) is 7.00. The Kier molecular flexibility index (Phi) is 5.64. The lowest BCUT2D eigenvalue weighted by atomic mass is 10.2. The average Bonchev–Trinajstić information content (AvgIpc) is 2.77. The molecule has 6 heteroatoms. The summed E-state index contributed by atoms with van der Waals surface area (Å²) in [6.45, 7) is 3.61. The highest BCUT2D eigenvalue weighted by Crippen LogP contribution is 2.10. The van der Waals surface area contributed by atoms with E-state index in [1.165, 1.54) is 4.88 Å². The van der Waals surface area contributed by atoms with Crippen molar-refractivity contribution in [1.29, 1.82) is 0 Å². The summed E-state index contributed by atoms with van der Waals surface area (Å²) in [5, 5.41) is 16.0. The van der Waals surface area contributed by atoms with Crippen molar-refractivity contribution in [2.45, 2.75) is 38.8 Å². The number of carbonyl (C=O) groups excluding carboxylic acids is 1. The Labute approximate surface area is 110 Å². The molecule has 18 heavy (non-hydrogen) atoms. The Balaban J connectivity index is 2.37. The lowest BCUT2D eigenvalue weighted by Gasteiger charge is -2.17. The van der Waals surface area contributed by atoms with Gasteiger partial charge in [0.1, 0.15) is 6.04 Å². The smallest absolute Gasteiger partial charge is 0.326 e. The van der Waals surface area contributed by atoms with Crippen molar-refractivity contribution >= 4 is 23.3 Å². The molecule has 0 radical (unpaired) electrons. The zero-order chi connectivity index (χ0) is 13.5. The zero-order valence-corrected chi connectivity index (χ0v) is 11.3. The van der Waals surface area contributed by atoms with Crippen molar-refractivity contribution in [2.24, 2.45) is 0 Å². The molecule has 2 atom stereocenters. The molecule has 1 aromatic heterocycles. The third kappa shape index (κ3) is 4.75. The minimum atomic E-state index is -1.02. The van der Waals surface area contributed by atoms with E-state index in [-0.39, 0.29) is 6.04 Å². The summed E-state index contributed by atoms with van der Waals surface area (Å²) in [5.41, 5.74) is 0. The Morgan fingerprint density at radius 2 is 2.17 bits per heavy atom. The lowest BCUT2D eigenvalue weighted by Crippen LogP contribution is -2.48. The van der Waals surface area contributed by atoms with E-state index in [0.29, 0.717) is 6.42 Å². The summed E-state index contributed by atoms with van der Waals surface area (Å²) in [5.74, 6) is -1.02. The maximum Gasteiger partial charge on any atom is 0.326 e. The first-order chi connectivity index (χ1) is 8.52. The fraction of sp³-hybridized carbons (Fsp3) is 0.500. The third-order valence-electron chi connectivity index (χ3n) is 2.48. The van der Waals surface area contributed by atoms with Gasteiger partial charge in [-0.25, -0.2) is 9.59 Å². The minimum absolute atomic E-state index is 0.0325. The van der Waals surface area contributed by atoms with Crippen LogP contribution in [0.3, 0.4) is 0 Å². The molecule has 2 amide bonds. The molecule has 0 saturated heterocycles. The Bertz CT molecular complexity index is 392. The van der Waals surface area contributed by atoms with Crippen molar-refractivity contribution in [3.05, 3.63) is 22.4 Å². The van der Waals surface area contributed by atoms with Gasteiger partial charge in [-0.2, -0.15) is 0 Å². The molecule has 0 aromatic carbocycles. The summed E-state index contributed by atoms with van der Waals surface area (Å²) < 4.78 is 0. The van der Waals surface area contributed by atoms with Gasteiger partial charge in [-0.15, -0.1) is 11.3 Å². The molecule has 0 fully saturated rings. The van der Waals surface area contributed by atoms with Gasteiger partial charge in [0.2, 0.25) is 0 Å². The second-order valence-corrected chi connectivity index (χ2v) is 5.13. The van der Waals surface area contributed by atoms with E-state index in [9.17, 15) is 9.59 Å². The van der Waals surface area contributed by atoms with Crippen LogP contribution in [0.4, 0.5) is 4.79 Å². The highest BCUT2D eigenvalue weighted by atomic mass is 32.1. The van der Waals surface area contributed by atoms with E-state index in [0.717, 1.165) is 6.42 Å². The van der Waals surface area contributed by atoms with Crippen LogP contribution in [0.15, 0.2) is 17.5 Å². The van der Waals surface area contributed by atoms with Crippen LogP contribution < -0.4 is 10.6 Å². The number of hydrogen-bond acceptors (Lipinski definition) is 3. The second-order valence-electron chi connectivity index (χ2n) is 4.10. The number of carboxylic acids is 1. The van der Waals surface area contributed by atoms with Crippen molar-refractivity contribution in [3.8, 4) is 0 Å². The van der Waals surface area contributed by atoms with Crippen LogP contribution in [0, 0.1) is 0 Å². The maximum atomic E-state index is 11.6. The maximum absolute atomic E-state index is 11.6. The standard InChI is InChI=1S/C12H18N2O3S/c1-3-10(11(15)16)14-12(17)13-8(2)7-9-5-4-6-18-9/h4-6,8,10H,3,7H2,1-2H3,(H,15,16)(H2,13,14,17)/t8?,10-/m1/s1. The summed E-state index contributed by atoms with van der Waals surface area (Å²) in [7, 11) is 0. The summed E-state index contributed by atoms with van der Waals surface area (Å²) >= 11 is 1.64. The first-order valence-corrected chi connectivity index (χ1v) is 6.73. The number of aliphatic carboxylic acids is 1. The van der Waals surface area contributed by atoms with Crippen molar-refractivity contribution in [2.75, 3.05) is 0 Å². The predicted molar refractivity (Wildman–Crippen MR) is 70.9 cm³/mol. The van der Waals surface area contributed by atoms with E-state index >= 15 is 0 Å². The molecule has 0 bridgehead atoms. The molecule has 0 saturated carbocycles. The molecule has 100 valence electrons. The molecular formula is C12H18N2O3S. The number of hydrogen-bond donors (Lipinski definition) is 3. The number of nitrogens with one attached hydrogen (secondary N) is 2. The summed E-state index contributed by atoms with van der Waals surface area (Å²) in [6, 6.07) is 2.67. The van der Waals surface area contributed by atoms with Crippen LogP contribution in [0.5, 0.6) is 0 Å². The number of thiophene rings is 1. The largest absolute Gasteiger partial charge is 0.480 e. The molecule has 1 heterocycles. The molecule has 3 N–H and O–H groups in total. The molecular weight excluding hydrogens is 252 g/mol. The monoisotopic (exact) mass is 270 g/mol. The van der Waals surface area contributed by atoms with Gasteiger partial charge < -0.3 is 15.7 Å². The van der Waals surface area contributed by atoms with E-state index < -0.39 is 18.0 Å². The molecule has 1 rings (SSSR count). The minimum Gasteiger partial charge on any atom is -0.480 e. The van der Waals surface area contributed by atoms with Gasteiger partial charge in [-0.1, -0.05) is 13.0 Å². The summed E-state index contributed by atoms with van der Waals surface area (Å²) in [4.78, 5) is 23.5. The predicted octanol–water partition coefficient (Wildman–Crippen LogP) is 1.84. The van der Waals surface area contributed by atoms with Gasteiger partial charge in [-0.05, 0) is 24.8 Å². The Morgan fingerprint density at radius 3 is 2.67 bits per heavy atom. The van der Waals surface area contributed by atoms with Crippen LogP contribution in [-0.2, 0) is 11.2 Å². The van der Waals surface area contributed by atoms with Gasteiger partial charge in [0.05, 0.1) is 0 Å². The Hall–Kier alpha value is -1.56. The van der Waals surface area contributed by atoms with E-state index in [4.69, 9.17) is 5.11 Å². The molecule has 0 spiro atoms. The van der Waals surface area contributed by atoms with Crippen LogP contribution in [-0.4, -0.2) is 29.2 Å². The molecule has 0 aliphatic rings. The van der Waals surface area contributed by atoms with Crippen LogP contribution in [0.25, 0.3) is 0 Å².